The molecule has 1 aliphatic rings. The van der Waals surface area contributed by atoms with Gasteiger partial charge in [-0.25, -0.2) is 0 Å². The largest absolute Gasteiger partial charge is 0.359 e. The van der Waals surface area contributed by atoms with E-state index < -0.39 is 0 Å². The second-order valence-corrected chi connectivity index (χ2v) is 2.91. The molecule has 1 saturated heterocycles. The van der Waals surface area contributed by atoms with Crippen LogP contribution in [0.5, 0.6) is 0 Å². The van der Waals surface area contributed by atoms with E-state index in [1.165, 1.54) is 0 Å². The zero-order chi connectivity index (χ0) is 8.97. The molecule has 0 aromatic rings. The first-order chi connectivity index (χ1) is 5.74. The van der Waals surface area contributed by atoms with Gasteiger partial charge in [-0.2, -0.15) is 0 Å². The van der Waals surface area contributed by atoms with Crippen LogP contribution in [-0.4, -0.2) is 36.9 Å². The monoisotopic (exact) mass is 170 g/mol. The van der Waals surface area contributed by atoms with E-state index in [0.29, 0.717) is 19.4 Å². The molecule has 0 radical (unpaired) electrons. The smallest absolute Gasteiger partial charge is 0.222 e. The Hall–Kier alpha value is -1.06. The molecule has 1 fully saturated rings. The fourth-order valence-electron chi connectivity index (χ4n) is 1.30. The van der Waals surface area contributed by atoms with Crippen molar-refractivity contribution in [2.45, 2.75) is 19.3 Å². The van der Waals surface area contributed by atoms with Gasteiger partial charge in [-0.1, -0.05) is 0 Å². The van der Waals surface area contributed by atoms with E-state index in [9.17, 15) is 9.59 Å². The number of hydrogen-bond donors (Lipinski definition) is 1. The highest BCUT2D eigenvalue weighted by Crippen LogP contribution is 2.09. The van der Waals surface area contributed by atoms with Crippen molar-refractivity contribution in [3.63, 3.8) is 0 Å². The van der Waals surface area contributed by atoms with Crippen LogP contribution in [0.3, 0.4) is 0 Å². The standard InChI is InChI=1S/C8H14N2O2/c1-9-7(11)4-6-10-5-2-3-8(10)12/h2-6H2,1H3,(H,9,11). The van der Waals surface area contributed by atoms with Gasteiger partial charge in [-0.05, 0) is 6.42 Å². The van der Waals surface area contributed by atoms with Gasteiger partial charge in [0.25, 0.3) is 0 Å². The lowest BCUT2D eigenvalue weighted by molar-refractivity contribution is -0.128. The molecule has 0 aromatic heterocycles. The van der Waals surface area contributed by atoms with E-state index >= 15 is 0 Å². The van der Waals surface area contributed by atoms with Gasteiger partial charge in [0.1, 0.15) is 0 Å². The number of carbonyl (C=O) groups excluding carboxylic acids is 2. The maximum absolute atomic E-state index is 11.1. The molecule has 1 rings (SSSR count). The van der Waals surface area contributed by atoms with Gasteiger partial charge in [0, 0.05) is 33.0 Å². The Balaban J connectivity index is 2.22. The fraction of sp³-hybridized carbons (Fsp3) is 0.750. The number of amides is 2. The number of likely N-dealkylation sites (tertiary alicyclic amines) is 1. The van der Waals surface area contributed by atoms with Crippen LogP contribution in [0.4, 0.5) is 0 Å². The van der Waals surface area contributed by atoms with Crippen LogP contribution in [0.1, 0.15) is 19.3 Å². The van der Waals surface area contributed by atoms with E-state index in [1.54, 1.807) is 11.9 Å². The Morgan fingerprint density at radius 1 is 1.67 bits per heavy atom. The molecule has 1 aliphatic heterocycles. The summed E-state index contributed by atoms with van der Waals surface area (Å²) >= 11 is 0. The van der Waals surface area contributed by atoms with Crippen molar-refractivity contribution >= 4 is 11.8 Å². The van der Waals surface area contributed by atoms with E-state index in [1.807, 2.05) is 0 Å². The summed E-state index contributed by atoms with van der Waals surface area (Å²) in [5.74, 6) is 0.175. The van der Waals surface area contributed by atoms with Crippen LogP contribution in [0, 0.1) is 0 Å². The molecule has 68 valence electrons. The number of carbonyl (C=O) groups is 2. The van der Waals surface area contributed by atoms with Gasteiger partial charge < -0.3 is 10.2 Å². The SMILES string of the molecule is CNC(=O)CCN1CCCC1=O. The van der Waals surface area contributed by atoms with Gasteiger partial charge in [0.15, 0.2) is 0 Å². The summed E-state index contributed by atoms with van der Waals surface area (Å²) in [5, 5.41) is 2.53. The van der Waals surface area contributed by atoms with Crippen LogP contribution in [0.15, 0.2) is 0 Å². The van der Waals surface area contributed by atoms with Gasteiger partial charge in [0.2, 0.25) is 11.8 Å². The number of nitrogens with one attached hydrogen (secondary N) is 1. The van der Waals surface area contributed by atoms with Crippen LogP contribution in [0.25, 0.3) is 0 Å². The predicted molar refractivity (Wildman–Crippen MR) is 44.5 cm³/mol. The molecule has 0 spiro atoms. The predicted octanol–water partition coefficient (Wildman–Crippen LogP) is -0.255. The molecule has 2 amide bonds. The minimum absolute atomic E-state index is 0.00491. The van der Waals surface area contributed by atoms with E-state index in [4.69, 9.17) is 0 Å². The fourth-order valence-corrected chi connectivity index (χ4v) is 1.30. The molecule has 0 atom stereocenters. The second-order valence-electron chi connectivity index (χ2n) is 2.91. The number of hydrogen-bond acceptors (Lipinski definition) is 2. The summed E-state index contributed by atoms with van der Waals surface area (Å²) in [6.07, 6.45) is 2.00. The Bertz CT molecular complexity index is 191. The summed E-state index contributed by atoms with van der Waals surface area (Å²) in [4.78, 5) is 23.6. The average Bonchev–Trinajstić information content (AvgIpc) is 2.47. The van der Waals surface area contributed by atoms with Crippen molar-refractivity contribution in [2.75, 3.05) is 20.1 Å². The summed E-state index contributed by atoms with van der Waals surface area (Å²) in [5.41, 5.74) is 0. The molecule has 0 aliphatic carbocycles. The molecule has 0 unspecified atom stereocenters. The highest BCUT2D eigenvalue weighted by atomic mass is 16.2. The topological polar surface area (TPSA) is 49.4 Å². The van der Waals surface area contributed by atoms with Crippen molar-refractivity contribution in [1.82, 2.24) is 10.2 Å². The minimum Gasteiger partial charge on any atom is -0.359 e. The van der Waals surface area contributed by atoms with Crippen molar-refractivity contribution in [2.24, 2.45) is 0 Å². The lowest BCUT2D eigenvalue weighted by Gasteiger charge is -2.13. The molecule has 0 aromatic carbocycles. The zero-order valence-corrected chi connectivity index (χ0v) is 7.30. The van der Waals surface area contributed by atoms with Gasteiger partial charge in [-0.15, -0.1) is 0 Å². The molecule has 0 saturated carbocycles. The quantitative estimate of drug-likeness (QED) is 0.634. The highest BCUT2D eigenvalue weighted by molar-refractivity contribution is 5.80. The van der Waals surface area contributed by atoms with Crippen LogP contribution in [-0.2, 0) is 9.59 Å². The summed E-state index contributed by atoms with van der Waals surface area (Å²) in [6, 6.07) is 0. The molecule has 12 heavy (non-hydrogen) atoms. The molecular weight excluding hydrogens is 156 g/mol. The first-order valence-electron chi connectivity index (χ1n) is 4.22. The molecule has 4 nitrogen and oxygen atoms in total. The van der Waals surface area contributed by atoms with Crippen molar-refractivity contribution in [3.05, 3.63) is 0 Å². The Labute approximate surface area is 71.9 Å². The molecule has 0 bridgehead atoms. The van der Waals surface area contributed by atoms with Crippen molar-refractivity contribution in [1.29, 1.82) is 0 Å². The average molecular weight is 170 g/mol. The lowest BCUT2D eigenvalue weighted by Crippen LogP contribution is -2.30. The first-order valence-corrected chi connectivity index (χ1v) is 4.22. The van der Waals surface area contributed by atoms with Crippen LogP contribution >= 0.6 is 0 Å². The normalized spacial score (nSPS) is 16.8. The summed E-state index contributed by atoms with van der Waals surface area (Å²) < 4.78 is 0. The summed E-state index contributed by atoms with van der Waals surface area (Å²) in [6.45, 7) is 1.38. The third kappa shape index (κ3) is 2.22. The van der Waals surface area contributed by atoms with Crippen LogP contribution in [0.2, 0.25) is 0 Å². The Morgan fingerprint density at radius 2 is 2.42 bits per heavy atom. The minimum atomic E-state index is -0.00491. The second kappa shape index (κ2) is 4.09. The Morgan fingerprint density at radius 3 is 2.92 bits per heavy atom. The van der Waals surface area contributed by atoms with E-state index in [2.05, 4.69) is 5.32 Å². The molecule has 1 N–H and O–H groups in total. The number of nitrogens with zero attached hydrogens (tertiary/aromatic N) is 1. The first kappa shape index (κ1) is 9.03. The maximum Gasteiger partial charge on any atom is 0.222 e. The van der Waals surface area contributed by atoms with E-state index in [-0.39, 0.29) is 11.8 Å². The van der Waals surface area contributed by atoms with Crippen LogP contribution < -0.4 is 5.32 Å². The molecule has 4 heteroatoms. The Kier molecular flexibility index (Phi) is 3.08. The third-order valence-electron chi connectivity index (χ3n) is 2.06. The molecule has 1 heterocycles. The van der Waals surface area contributed by atoms with Gasteiger partial charge in [0.05, 0.1) is 0 Å². The van der Waals surface area contributed by atoms with Gasteiger partial charge >= 0.3 is 0 Å². The van der Waals surface area contributed by atoms with E-state index in [0.717, 1.165) is 13.0 Å². The zero-order valence-electron chi connectivity index (χ0n) is 7.30. The van der Waals surface area contributed by atoms with Gasteiger partial charge in [-0.3, -0.25) is 9.59 Å². The van der Waals surface area contributed by atoms with Crippen molar-refractivity contribution < 1.29 is 9.59 Å². The number of rotatable bonds is 3. The maximum atomic E-state index is 11.1. The van der Waals surface area contributed by atoms with Crippen molar-refractivity contribution in [3.8, 4) is 0 Å². The summed E-state index contributed by atoms with van der Waals surface area (Å²) in [7, 11) is 1.61. The molecular formula is C8H14N2O2. The lowest BCUT2D eigenvalue weighted by atomic mass is 10.4. The highest BCUT2D eigenvalue weighted by Gasteiger charge is 2.19. The third-order valence-corrected chi connectivity index (χ3v) is 2.06.